The van der Waals surface area contributed by atoms with Gasteiger partial charge in [-0.25, -0.2) is 0 Å². The van der Waals surface area contributed by atoms with Gasteiger partial charge in [-0.1, -0.05) is 60.4 Å². The maximum Gasteiger partial charge on any atom is 0.270 e. The van der Waals surface area contributed by atoms with Crippen LogP contribution in [0.1, 0.15) is 5.56 Å². The lowest BCUT2D eigenvalue weighted by atomic mass is 10.2. The van der Waals surface area contributed by atoms with Crippen LogP contribution >= 0.6 is 24.0 Å². The molecule has 4 rings (SSSR count). The molecule has 1 fully saturated rings. The Morgan fingerprint density at radius 3 is 2.41 bits per heavy atom. The molecule has 0 bridgehead atoms. The van der Waals surface area contributed by atoms with E-state index >= 15 is 0 Å². The Morgan fingerprint density at radius 2 is 1.71 bits per heavy atom. The number of carbonyl (C=O) groups excluding carboxylic acids is 2. The highest BCUT2D eigenvalue weighted by molar-refractivity contribution is 8.27. The smallest absolute Gasteiger partial charge is 0.270 e. The number of carbonyl (C=O) groups is 2. The summed E-state index contributed by atoms with van der Waals surface area (Å²) in [4.78, 5) is 29.4. The van der Waals surface area contributed by atoms with Gasteiger partial charge in [-0.15, -0.1) is 0 Å². The number of ether oxygens (including phenoxy) is 1. The van der Waals surface area contributed by atoms with Crippen molar-refractivity contribution in [3.8, 4) is 5.75 Å². The molecule has 2 amide bonds. The molecule has 1 N–H and O–H groups in total. The molecule has 0 spiro atoms. The van der Waals surface area contributed by atoms with Crippen molar-refractivity contribution in [3.05, 3.63) is 89.3 Å². The van der Waals surface area contributed by atoms with Crippen molar-refractivity contribution in [2.75, 3.05) is 35.8 Å². The topological polar surface area (TPSA) is 61.9 Å². The Hall–Kier alpha value is -3.62. The minimum atomic E-state index is -0.270. The number of anilines is 3. The monoisotopic (exact) mass is 489 g/mol. The van der Waals surface area contributed by atoms with Gasteiger partial charge in [0.1, 0.15) is 5.75 Å². The predicted octanol–water partition coefficient (Wildman–Crippen LogP) is 5.18. The molecule has 1 aliphatic rings. The highest BCUT2D eigenvalue weighted by Crippen LogP contribution is 2.37. The number of benzene rings is 3. The minimum absolute atomic E-state index is 0.154. The largest absolute Gasteiger partial charge is 0.483 e. The molecule has 0 unspecified atom stereocenters. The second-order valence-corrected chi connectivity index (χ2v) is 9.34. The molecule has 0 saturated carbocycles. The second kappa shape index (κ2) is 10.5. The van der Waals surface area contributed by atoms with Crippen LogP contribution < -0.4 is 19.9 Å². The fourth-order valence-electron chi connectivity index (χ4n) is 3.32. The molecule has 0 aromatic heterocycles. The lowest BCUT2D eigenvalue weighted by molar-refractivity contribution is -0.118. The summed E-state index contributed by atoms with van der Waals surface area (Å²) >= 11 is 6.73. The first-order valence-corrected chi connectivity index (χ1v) is 11.8. The van der Waals surface area contributed by atoms with Crippen LogP contribution in [0, 0.1) is 0 Å². The third-order valence-corrected chi connectivity index (χ3v) is 6.34. The summed E-state index contributed by atoms with van der Waals surface area (Å²) in [5.74, 6) is 0.0454. The van der Waals surface area contributed by atoms with E-state index in [0.29, 0.717) is 26.2 Å². The van der Waals surface area contributed by atoms with E-state index in [1.807, 2.05) is 91.8 Å². The fraction of sp³-hybridized carbons (Fsp3) is 0.115. The van der Waals surface area contributed by atoms with Gasteiger partial charge >= 0.3 is 0 Å². The number of amides is 2. The van der Waals surface area contributed by atoms with E-state index in [-0.39, 0.29) is 18.4 Å². The van der Waals surface area contributed by atoms with Crippen LogP contribution in [-0.4, -0.2) is 36.8 Å². The first-order valence-electron chi connectivity index (χ1n) is 10.5. The number of para-hydroxylation sites is 2. The number of thiocarbonyl (C=S) groups is 1. The summed E-state index contributed by atoms with van der Waals surface area (Å²) in [5.41, 5.74) is 3.15. The van der Waals surface area contributed by atoms with Crippen LogP contribution in [0.3, 0.4) is 0 Å². The van der Waals surface area contributed by atoms with Gasteiger partial charge in [-0.05, 0) is 48.5 Å². The number of thioether (sulfide) groups is 1. The molecular formula is C26H23N3O3S2. The molecule has 6 nitrogen and oxygen atoms in total. The molecule has 1 heterocycles. The van der Waals surface area contributed by atoms with E-state index in [1.54, 1.807) is 12.1 Å². The van der Waals surface area contributed by atoms with Crippen LogP contribution in [0.5, 0.6) is 5.75 Å². The molecule has 1 aliphatic heterocycles. The van der Waals surface area contributed by atoms with Crippen LogP contribution in [-0.2, 0) is 9.59 Å². The molecule has 172 valence electrons. The Kier molecular flexibility index (Phi) is 7.30. The molecule has 34 heavy (non-hydrogen) atoms. The van der Waals surface area contributed by atoms with Crippen molar-refractivity contribution in [1.82, 2.24) is 0 Å². The van der Waals surface area contributed by atoms with Crippen LogP contribution in [0.15, 0.2) is 83.8 Å². The summed E-state index contributed by atoms with van der Waals surface area (Å²) < 4.78 is 6.23. The lowest BCUT2D eigenvalue weighted by Crippen LogP contribution is -2.27. The van der Waals surface area contributed by atoms with Gasteiger partial charge in [-0.2, -0.15) is 0 Å². The SMILES string of the molecule is CN(C)c1ccc(N2C(=O)/C(=C\c3ccccc3OCC(=O)Nc3ccccc3)SC2=S)cc1. The fourth-order valence-corrected chi connectivity index (χ4v) is 4.61. The van der Waals surface area contributed by atoms with Gasteiger partial charge in [0.25, 0.3) is 11.8 Å². The first-order chi connectivity index (χ1) is 16.4. The molecule has 0 atom stereocenters. The van der Waals surface area contributed by atoms with E-state index in [1.165, 1.54) is 16.7 Å². The standard InChI is InChI=1S/C26H23N3O3S2/c1-28(2)20-12-14-21(15-13-20)29-25(31)23(34-26(29)33)16-18-8-6-7-11-22(18)32-17-24(30)27-19-9-4-3-5-10-19/h3-16H,17H2,1-2H3,(H,27,30)/b23-16+. The number of nitrogens with zero attached hydrogens (tertiary/aromatic N) is 2. The molecule has 3 aromatic rings. The van der Waals surface area contributed by atoms with Gasteiger partial charge in [-0.3, -0.25) is 14.5 Å². The molecule has 0 radical (unpaired) electrons. The maximum absolute atomic E-state index is 13.2. The van der Waals surface area contributed by atoms with Gasteiger partial charge in [0.2, 0.25) is 0 Å². The van der Waals surface area contributed by atoms with E-state index in [9.17, 15) is 9.59 Å². The van der Waals surface area contributed by atoms with Gasteiger partial charge in [0, 0.05) is 31.0 Å². The summed E-state index contributed by atoms with van der Waals surface area (Å²) in [6.45, 7) is -0.154. The zero-order valence-electron chi connectivity index (χ0n) is 18.7. The highest BCUT2D eigenvalue weighted by atomic mass is 32.2. The Bertz CT molecular complexity index is 1240. The predicted molar refractivity (Wildman–Crippen MR) is 143 cm³/mol. The normalized spacial score (nSPS) is 14.4. The van der Waals surface area contributed by atoms with Crippen molar-refractivity contribution < 1.29 is 14.3 Å². The van der Waals surface area contributed by atoms with Crippen molar-refractivity contribution in [2.45, 2.75) is 0 Å². The van der Waals surface area contributed by atoms with Crippen molar-refractivity contribution in [1.29, 1.82) is 0 Å². The zero-order chi connectivity index (χ0) is 24.1. The Morgan fingerprint density at radius 1 is 1.03 bits per heavy atom. The Balaban J connectivity index is 1.48. The van der Waals surface area contributed by atoms with Gasteiger partial charge in [0.05, 0.1) is 10.6 Å². The van der Waals surface area contributed by atoms with E-state index in [2.05, 4.69) is 5.32 Å². The third-order valence-electron chi connectivity index (χ3n) is 5.04. The van der Waals surface area contributed by atoms with E-state index in [0.717, 1.165) is 11.4 Å². The van der Waals surface area contributed by atoms with Gasteiger partial charge in [0.15, 0.2) is 10.9 Å². The minimum Gasteiger partial charge on any atom is -0.483 e. The van der Waals surface area contributed by atoms with Crippen molar-refractivity contribution in [2.24, 2.45) is 0 Å². The van der Waals surface area contributed by atoms with Crippen LogP contribution in [0.2, 0.25) is 0 Å². The van der Waals surface area contributed by atoms with Crippen molar-refractivity contribution in [3.63, 3.8) is 0 Å². The molecule has 3 aromatic carbocycles. The first kappa shape index (κ1) is 23.5. The highest BCUT2D eigenvalue weighted by Gasteiger charge is 2.33. The summed E-state index contributed by atoms with van der Waals surface area (Å²) in [6, 6.07) is 24.1. The summed E-state index contributed by atoms with van der Waals surface area (Å²) in [7, 11) is 3.92. The lowest BCUT2D eigenvalue weighted by Gasteiger charge is -2.17. The molecular weight excluding hydrogens is 466 g/mol. The molecule has 8 heteroatoms. The quantitative estimate of drug-likeness (QED) is 0.365. The van der Waals surface area contributed by atoms with Crippen LogP contribution in [0.25, 0.3) is 6.08 Å². The molecule has 1 saturated heterocycles. The zero-order valence-corrected chi connectivity index (χ0v) is 20.4. The van der Waals surface area contributed by atoms with Gasteiger partial charge < -0.3 is 15.0 Å². The number of hydrogen-bond acceptors (Lipinski definition) is 6. The number of rotatable bonds is 7. The average molecular weight is 490 g/mol. The number of hydrogen-bond donors (Lipinski definition) is 1. The average Bonchev–Trinajstić information content (AvgIpc) is 3.11. The molecule has 0 aliphatic carbocycles. The van der Waals surface area contributed by atoms with Crippen molar-refractivity contribution >= 4 is 63.3 Å². The second-order valence-electron chi connectivity index (χ2n) is 7.67. The van der Waals surface area contributed by atoms with E-state index in [4.69, 9.17) is 17.0 Å². The number of nitrogens with one attached hydrogen (secondary N) is 1. The summed E-state index contributed by atoms with van der Waals surface area (Å²) in [5, 5.41) is 2.79. The summed E-state index contributed by atoms with van der Waals surface area (Å²) in [6.07, 6.45) is 1.75. The van der Waals surface area contributed by atoms with E-state index < -0.39 is 0 Å². The third kappa shape index (κ3) is 5.47. The maximum atomic E-state index is 13.2. The Labute approximate surface area is 208 Å². The van der Waals surface area contributed by atoms with Crippen LogP contribution in [0.4, 0.5) is 17.1 Å².